The van der Waals surface area contributed by atoms with Crippen molar-refractivity contribution in [3.8, 4) is 0 Å². The smallest absolute Gasteiger partial charge is 0.293 e. The first-order valence-electron chi connectivity index (χ1n) is 7.29. The largest absolute Gasteiger partial charge is 0.379 e. The second kappa shape index (κ2) is 7.20. The number of aromatic amines is 1. The number of rotatable bonds is 5. The predicted octanol–water partition coefficient (Wildman–Crippen LogP) is 3.90. The number of nitro groups is 1. The van der Waals surface area contributed by atoms with Crippen molar-refractivity contribution in [3.05, 3.63) is 72.2 Å². The Balaban J connectivity index is 1.87. The minimum absolute atomic E-state index is 0.170. The van der Waals surface area contributed by atoms with Crippen LogP contribution < -0.4 is 10.9 Å². The topological polar surface area (TPSA) is 101 Å². The van der Waals surface area contributed by atoms with Gasteiger partial charge < -0.3 is 10.3 Å². The molecule has 0 saturated carbocycles. The Labute approximate surface area is 155 Å². The number of H-pyrrole nitrogens is 1. The molecule has 3 aromatic rings. The van der Waals surface area contributed by atoms with Crippen molar-refractivity contribution < 1.29 is 4.92 Å². The molecule has 3 rings (SSSR count). The van der Waals surface area contributed by atoms with Gasteiger partial charge in [-0.05, 0) is 36.2 Å². The highest BCUT2D eigenvalue weighted by Gasteiger charge is 2.17. The normalized spacial score (nSPS) is 10.8. The number of hydrogen-bond acceptors (Lipinski definition) is 5. The van der Waals surface area contributed by atoms with Crippen LogP contribution in [0, 0.1) is 10.1 Å². The summed E-state index contributed by atoms with van der Waals surface area (Å²) >= 11 is 9.44. The van der Waals surface area contributed by atoms with Crippen LogP contribution >= 0.6 is 27.5 Å². The maximum Gasteiger partial charge on any atom is 0.293 e. The fourth-order valence-electron chi connectivity index (χ4n) is 2.46. The standard InChI is InChI=1S/C16H12BrClN4O3/c17-12-2-1-10(18)5-9(12)3-4-19-14-7-13-11(6-15(14)22(24)25)16(23)21-8-20-13/h1-2,5-8,19H,3-4H2,(H,20,21,23). The van der Waals surface area contributed by atoms with Crippen molar-refractivity contribution in [3.63, 3.8) is 0 Å². The van der Waals surface area contributed by atoms with Crippen LogP contribution in [0.2, 0.25) is 5.02 Å². The number of aromatic nitrogens is 2. The maximum atomic E-state index is 11.8. The van der Waals surface area contributed by atoms with Gasteiger partial charge in [-0.25, -0.2) is 4.98 Å². The highest BCUT2D eigenvalue weighted by Crippen LogP contribution is 2.28. The molecule has 1 heterocycles. The molecule has 0 atom stereocenters. The summed E-state index contributed by atoms with van der Waals surface area (Å²) in [6.07, 6.45) is 1.88. The summed E-state index contributed by atoms with van der Waals surface area (Å²) in [7, 11) is 0. The lowest BCUT2D eigenvalue weighted by Gasteiger charge is -2.09. The number of anilines is 1. The van der Waals surface area contributed by atoms with E-state index in [1.54, 1.807) is 6.07 Å². The maximum absolute atomic E-state index is 11.8. The lowest BCUT2D eigenvalue weighted by Crippen LogP contribution is -2.10. The van der Waals surface area contributed by atoms with Gasteiger partial charge in [0.1, 0.15) is 5.69 Å². The van der Waals surface area contributed by atoms with Gasteiger partial charge in [-0.15, -0.1) is 0 Å². The zero-order chi connectivity index (χ0) is 18.0. The first-order valence-corrected chi connectivity index (χ1v) is 8.46. The fourth-order valence-corrected chi connectivity index (χ4v) is 3.10. The number of benzene rings is 2. The Kier molecular flexibility index (Phi) is 5.00. The average molecular weight is 424 g/mol. The molecular weight excluding hydrogens is 412 g/mol. The van der Waals surface area contributed by atoms with Crippen molar-refractivity contribution >= 4 is 49.8 Å². The SMILES string of the molecule is O=c1[nH]cnc2cc(NCCc3cc(Cl)ccc3Br)c([N+](=O)[O-])cc12. The van der Waals surface area contributed by atoms with E-state index in [2.05, 4.69) is 31.2 Å². The van der Waals surface area contributed by atoms with Gasteiger partial charge in [0, 0.05) is 22.1 Å². The van der Waals surface area contributed by atoms with Crippen LogP contribution in [0.5, 0.6) is 0 Å². The molecule has 25 heavy (non-hydrogen) atoms. The number of nitrogens with one attached hydrogen (secondary N) is 2. The van der Waals surface area contributed by atoms with Gasteiger partial charge >= 0.3 is 0 Å². The molecule has 1 aromatic heterocycles. The van der Waals surface area contributed by atoms with E-state index in [4.69, 9.17) is 11.6 Å². The third-order valence-corrected chi connectivity index (χ3v) is 4.68. The molecule has 0 aliphatic carbocycles. The zero-order valence-corrected chi connectivity index (χ0v) is 15.1. The molecule has 0 unspecified atom stereocenters. The number of nitrogens with zero attached hydrogens (tertiary/aromatic N) is 2. The van der Waals surface area contributed by atoms with Crippen LogP contribution in [0.15, 0.2) is 45.9 Å². The quantitative estimate of drug-likeness (QED) is 0.479. The summed E-state index contributed by atoms with van der Waals surface area (Å²) in [6.45, 7) is 0.453. The van der Waals surface area contributed by atoms with Crippen LogP contribution in [0.4, 0.5) is 11.4 Å². The molecule has 0 bridgehead atoms. The second-order valence-corrected chi connectivity index (χ2v) is 6.58. The van der Waals surface area contributed by atoms with Crippen molar-refractivity contribution in [2.45, 2.75) is 6.42 Å². The minimum Gasteiger partial charge on any atom is -0.379 e. The molecule has 9 heteroatoms. The van der Waals surface area contributed by atoms with Crippen molar-refractivity contribution in [2.75, 3.05) is 11.9 Å². The van der Waals surface area contributed by atoms with E-state index in [9.17, 15) is 14.9 Å². The molecule has 0 amide bonds. The number of nitro benzene ring substituents is 1. The summed E-state index contributed by atoms with van der Waals surface area (Å²) in [5, 5.41) is 15.2. The Morgan fingerprint density at radius 1 is 1.32 bits per heavy atom. The lowest BCUT2D eigenvalue weighted by molar-refractivity contribution is -0.383. The van der Waals surface area contributed by atoms with Crippen molar-refractivity contribution in [1.29, 1.82) is 0 Å². The average Bonchev–Trinajstić information content (AvgIpc) is 2.57. The number of halogens is 2. The lowest BCUT2D eigenvalue weighted by atomic mass is 10.1. The van der Waals surface area contributed by atoms with E-state index in [0.717, 1.165) is 10.0 Å². The summed E-state index contributed by atoms with van der Waals surface area (Å²) in [4.78, 5) is 29.0. The van der Waals surface area contributed by atoms with E-state index < -0.39 is 10.5 Å². The van der Waals surface area contributed by atoms with Gasteiger partial charge in [-0.1, -0.05) is 27.5 Å². The van der Waals surface area contributed by atoms with Crippen molar-refractivity contribution in [2.24, 2.45) is 0 Å². The summed E-state index contributed by atoms with van der Waals surface area (Å²) in [5.41, 5.74) is 1.10. The Morgan fingerprint density at radius 2 is 2.12 bits per heavy atom. The number of hydrogen-bond donors (Lipinski definition) is 2. The summed E-state index contributed by atoms with van der Waals surface area (Å²) < 4.78 is 0.917. The number of fused-ring (bicyclic) bond motifs is 1. The highest BCUT2D eigenvalue weighted by atomic mass is 79.9. The van der Waals surface area contributed by atoms with Gasteiger partial charge in [-0.2, -0.15) is 0 Å². The van der Waals surface area contributed by atoms with E-state index in [1.165, 1.54) is 18.5 Å². The Hall–Kier alpha value is -2.45. The van der Waals surface area contributed by atoms with Crippen LogP contribution in [-0.2, 0) is 6.42 Å². The van der Waals surface area contributed by atoms with Crippen LogP contribution in [-0.4, -0.2) is 21.4 Å². The van der Waals surface area contributed by atoms with E-state index >= 15 is 0 Å². The van der Waals surface area contributed by atoms with Gasteiger partial charge in [0.2, 0.25) is 0 Å². The highest BCUT2D eigenvalue weighted by molar-refractivity contribution is 9.10. The molecule has 0 spiro atoms. The molecule has 2 N–H and O–H groups in total. The Morgan fingerprint density at radius 3 is 2.88 bits per heavy atom. The van der Waals surface area contributed by atoms with Crippen LogP contribution in [0.25, 0.3) is 10.9 Å². The monoisotopic (exact) mass is 422 g/mol. The summed E-state index contributed by atoms with van der Waals surface area (Å²) in [5.74, 6) is 0. The molecule has 7 nitrogen and oxygen atoms in total. The molecule has 0 fully saturated rings. The third kappa shape index (κ3) is 3.80. The molecule has 2 aromatic carbocycles. The Bertz CT molecular complexity index is 1020. The fraction of sp³-hybridized carbons (Fsp3) is 0.125. The molecule has 0 aliphatic rings. The van der Waals surface area contributed by atoms with Gasteiger partial charge in [0.15, 0.2) is 0 Å². The van der Waals surface area contributed by atoms with Crippen molar-refractivity contribution in [1.82, 2.24) is 9.97 Å². The molecule has 0 radical (unpaired) electrons. The molecular formula is C16H12BrClN4O3. The van der Waals surface area contributed by atoms with E-state index in [0.29, 0.717) is 29.2 Å². The molecule has 0 saturated heterocycles. The van der Waals surface area contributed by atoms with Crippen LogP contribution in [0.3, 0.4) is 0 Å². The molecule has 0 aliphatic heterocycles. The van der Waals surface area contributed by atoms with Gasteiger partial charge in [0.05, 0.1) is 22.2 Å². The van der Waals surface area contributed by atoms with E-state index in [-0.39, 0.29) is 11.1 Å². The van der Waals surface area contributed by atoms with Gasteiger partial charge in [-0.3, -0.25) is 14.9 Å². The summed E-state index contributed by atoms with van der Waals surface area (Å²) in [6, 6.07) is 8.21. The molecule has 128 valence electrons. The van der Waals surface area contributed by atoms with Gasteiger partial charge in [0.25, 0.3) is 11.2 Å². The first kappa shape index (κ1) is 17.4. The third-order valence-electron chi connectivity index (χ3n) is 3.67. The zero-order valence-electron chi connectivity index (χ0n) is 12.8. The predicted molar refractivity (Wildman–Crippen MR) is 100 cm³/mol. The minimum atomic E-state index is -0.524. The second-order valence-electron chi connectivity index (χ2n) is 5.29. The first-order chi connectivity index (χ1) is 12.0. The van der Waals surface area contributed by atoms with E-state index in [1.807, 2.05) is 12.1 Å². The van der Waals surface area contributed by atoms with Crippen LogP contribution in [0.1, 0.15) is 5.56 Å².